The van der Waals surface area contributed by atoms with Gasteiger partial charge in [-0.3, -0.25) is 9.59 Å². The van der Waals surface area contributed by atoms with Crippen molar-refractivity contribution < 1.29 is 29.3 Å². The molecule has 1 heterocycles. The lowest BCUT2D eigenvalue weighted by Gasteiger charge is -2.26. The quantitative estimate of drug-likeness (QED) is 0.182. The Bertz CT molecular complexity index is 1450. The highest BCUT2D eigenvalue weighted by molar-refractivity contribution is 6.46. The van der Waals surface area contributed by atoms with Crippen LogP contribution in [-0.4, -0.2) is 39.4 Å². The molecule has 1 unspecified atom stereocenters. The zero-order chi connectivity index (χ0) is 28.5. The Balaban J connectivity index is 1.82. The number of carbonyl (C=O) groups excluding carboxylic acids is 3. The topological polar surface area (TPSA) is 104 Å². The van der Waals surface area contributed by atoms with Crippen LogP contribution in [0.3, 0.4) is 0 Å². The van der Waals surface area contributed by atoms with Crippen molar-refractivity contribution in [3.05, 3.63) is 106 Å². The van der Waals surface area contributed by atoms with Gasteiger partial charge in [-0.2, -0.15) is 0 Å². The summed E-state index contributed by atoms with van der Waals surface area (Å²) in [6.45, 7) is 10.1. The minimum Gasteiger partial charge on any atom is -0.508 e. The van der Waals surface area contributed by atoms with Gasteiger partial charge in [0.25, 0.3) is 11.7 Å². The number of Topliss-reactive ketones (excluding diaryl/α,β-unsaturated/α-hetero) is 1. The monoisotopic (exact) mass is 527 g/mol. The molecule has 7 nitrogen and oxygen atoms in total. The molecule has 1 amide bonds. The number of nitrogens with zero attached hydrogens (tertiary/aromatic N) is 1. The largest absolute Gasteiger partial charge is 0.508 e. The van der Waals surface area contributed by atoms with Gasteiger partial charge in [-0.25, -0.2) is 4.79 Å². The maximum Gasteiger partial charge on any atom is 0.338 e. The van der Waals surface area contributed by atoms with E-state index in [1.807, 2.05) is 25.1 Å². The maximum atomic E-state index is 13.5. The van der Waals surface area contributed by atoms with Crippen molar-refractivity contribution in [2.45, 2.75) is 52.6 Å². The van der Waals surface area contributed by atoms with Crippen molar-refractivity contribution in [2.24, 2.45) is 0 Å². The molecular weight excluding hydrogens is 494 g/mol. The second kappa shape index (κ2) is 10.8. The third-order valence-electron chi connectivity index (χ3n) is 6.93. The normalized spacial score (nSPS) is 16.9. The maximum absolute atomic E-state index is 13.5. The molecule has 39 heavy (non-hydrogen) atoms. The van der Waals surface area contributed by atoms with Crippen LogP contribution in [0, 0.1) is 6.92 Å². The van der Waals surface area contributed by atoms with Crippen LogP contribution >= 0.6 is 0 Å². The van der Waals surface area contributed by atoms with Crippen molar-refractivity contribution in [1.29, 1.82) is 0 Å². The summed E-state index contributed by atoms with van der Waals surface area (Å²) in [6, 6.07) is 17.7. The smallest absolute Gasteiger partial charge is 0.338 e. The number of hydrogen-bond donors (Lipinski definition) is 2. The lowest BCUT2D eigenvalue weighted by Crippen LogP contribution is -2.29. The van der Waals surface area contributed by atoms with Gasteiger partial charge in [-0.1, -0.05) is 57.2 Å². The molecule has 0 radical (unpaired) electrons. The summed E-state index contributed by atoms with van der Waals surface area (Å²) in [5, 5.41) is 21.4. The molecule has 0 aliphatic carbocycles. The Kier molecular flexibility index (Phi) is 7.63. The number of aliphatic hydroxyl groups excluding tert-OH is 1. The van der Waals surface area contributed by atoms with Crippen molar-refractivity contribution in [3.63, 3.8) is 0 Å². The molecule has 0 aromatic heterocycles. The third kappa shape index (κ3) is 5.58. The number of ketones is 1. The van der Waals surface area contributed by atoms with E-state index < -0.39 is 23.7 Å². The van der Waals surface area contributed by atoms with Gasteiger partial charge in [0, 0.05) is 12.1 Å². The van der Waals surface area contributed by atoms with Crippen molar-refractivity contribution in [2.75, 3.05) is 6.61 Å². The molecule has 4 rings (SSSR count). The summed E-state index contributed by atoms with van der Waals surface area (Å²) in [6.07, 6.45) is 0. The molecule has 3 aromatic carbocycles. The molecule has 0 bridgehead atoms. The molecule has 2 N–H and O–H groups in total. The Labute approximate surface area is 228 Å². The van der Waals surface area contributed by atoms with Gasteiger partial charge in [0.2, 0.25) is 0 Å². The number of carbonyl (C=O) groups is 3. The number of amides is 1. The highest BCUT2D eigenvalue weighted by Crippen LogP contribution is 2.41. The molecule has 1 aliphatic rings. The second-order valence-corrected chi connectivity index (χ2v) is 10.7. The average molecular weight is 528 g/mol. The van der Waals surface area contributed by atoms with Crippen LogP contribution in [0.2, 0.25) is 0 Å². The van der Waals surface area contributed by atoms with Crippen LogP contribution in [0.1, 0.15) is 71.9 Å². The highest BCUT2D eigenvalue weighted by Gasteiger charge is 2.46. The van der Waals surface area contributed by atoms with Gasteiger partial charge in [-0.15, -0.1) is 0 Å². The molecule has 1 fully saturated rings. The number of aryl methyl sites for hydroxylation is 1. The zero-order valence-corrected chi connectivity index (χ0v) is 22.8. The first-order valence-electron chi connectivity index (χ1n) is 12.9. The van der Waals surface area contributed by atoms with Crippen LogP contribution in [0.25, 0.3) is 5.76 Å². The number of benzene rings is 3. The average Bonchev–Trinajstić information content (AvgIpc) is 3.14. The molecular formula is C32H33NO6. The van der Waals surface area contributed by atoms with E-state index in [1.54, 1.807) is 43.3 Å². The summed E-state index contributed by atoms with van der Waals surface area (Å²) < 4.78 is 5.04. The van der Waals surface area contributed by atoms with Crippen molar-refractivity contribution >= 4 is 23.4 Å². The highest BCUT2D eigenvalue weighted by atomic mass is 16.5. The number of phenolic OH excluding ortho intramolecular Hbond substituents is 1. The van der Waals surface area contributed by atoms with Crippen LogP contribution in [0.4, 0.5) is 0 Å². The summed E-state index contributed by atoms with van der Waals surface area (Å²) in [4.78, 5) is 40.3. The molecule has 1 atom stereocenters. The Morgan fingerprint density at radius 1 is 0.974 bits per heavy atom. The van der Waals surface area contributed by atoms with E-state index in [0.717, 1.165) is 11.1 Å². The second-order valence-electron chi connectivity index (χ2n) is 10.7. The number of likely N-dealkylation sites (tertiary alicyclic amines) is 1. The molecule has 0 spiro atoms. The van der Waals surface area contributed by atoms with E-state index in [4.69, 9.17) is 4.74 Å². The lowest BCUT2D eigenvalue weighted by atomic mass is 9.84. The van der Waals surface area contributed by atoms with Gasteiger partial charge in [0.15, 0.2) is 0 Å². The summed E-state index contributed by atoms with van der Waals surface area (Å²) in [5.41, 5.74) is 3.68. The van der Waals surface area contributed by atoms with E-state index in [1.165, 1.54) is 17.0 Å². The first kappa shape index (κ1) is 27.6. The Morgan fingerprint density at radius 3 is 2.21 bits per heavy atom. The van der Waals surface area contributed by atoms with E-state index >= 15 is 0 Å². The van der Waals surface area contributed by atoms with E-state index in [2.05, 4.69) is 20.8 Å². The number of rotatable bonds is 6. The number of aliphatic hydroxyl groups is 1. The predicted octanol–water partition coefficient (Wildman–Crippen LogP) is 5.80. The number of ether oxygens (including phenoxy) is 1. The number of aromatic hydroxyl groups is 1. The SMILES string of the molecule is CCOC(=O)c1ccc(CN2C(=O)C(=O)/C(=C(/O)c3cc(C(C)(C)C)ccc3C)C2c2ccc(O)cc2)cc1. The van der Waals surface area contributed by atoms with Gasteiger partial charge < -0.3 is 19.8 Å². The standard InChI is InChI=1S/C32H33NO6/c1-6-39-31(38)22-10-8-20(9-11-22)18-33-27(21-12-15-24(34)16-13-21)26(29(36)30(33)37)28(35)25-17-23(32(3,4)5)14-7-19(25)2/h7-17,27,34-35H,6,18H2,1-5H3/b28-26+. The predicted molar refractivity (Wildman–Crippen MR) is 148 cm³/mol. The van der Waals surface area contributed by atoms with Crippen LogP contribution < -0.4 is 0 Å². The molecule has 202 valence electrons. The van der Waals surface area contributed by atoms with Crippen molar-refractivity contribution in [1.82, 2.24) is 4.90 Å². The van der Waals surface area contributed by atoms with Crippen LogP contribution in [0.5, 0.6) is 5.75 Å². The number of phenols is 1. The summed E-state index contributed by atoms with van der Waals surface area (Å²) in [7, 11) is 0. The Hall–Kier alpha value is -4.39. The van der Waals surface area contributed by atoms with Crippen molar-refractivity contribution in [3.8, 4) is 5.75 Å². The fourth-order valence-electron chi connectivity index (χ4n) is 4.69. The molecule has 7 heteroatoms. The number of hydrogen-bond acceptors (Lipinski definition) is 6. The lowest BCUT2D eigenvalue weighted by molar-refractivity contribution is -0.140. The Morgan fingerprint density at radius 2 is 1.62 bits per heavy atom. The summed E-state index contributed by atoms with van der Waals surface area (Å²) >= 11 is 0. The molecule has 3 aromatic rings. The van der Waals surface area contributed by atoms with E-state index in [0.29, 0.717) is 22.3 Å². The van der Waals surface area contributed by atoms with Gasteiger partial charge in [0.1, 0.15) is 11.5 Å². The fourth-order valence-corrected chi connectivity index (χ4v) is 4.69. The van der Waals surface area contributed by atoms with Gasteiger partial charge in [-0.05, 0) is 71.8 Å². The minimum atomic E-state index is -0.881. The van der Waals surface area contributed by atoms with Gasteiger partial charge >= 0.3 is 5.97 Å². The van der Waals surface area contributed by atoms with Crippen LogP contribution in [0.15, 0.2) is 72.3 Å². The first-order valence-corrected chi connectivity index (χ1v) is 12.9. The first-order chi connectivity index (χ1) is 18.4. The fraction of sp³-hybridized carbons (Fsp3) is 0.281. The zero-order valence-electron chi connectivity index (χ0n) is 22.8. The number of esters is 1. The van der Waals surface area contributed by atoms with E-state index in [9.17, 15) is 24.6 Å². The van der Waals surface area contributed by atoms with Crippen LogP contribution in [-0.2, 0) is 26.3 Å². The molecule has 0 saturated carbocycles. The molecule has 1 aliphatic heterocycles. The summed E-state index contributed by atoms with van der Waals surface area (Å²) in [5.74, 6) is -2.17. The molecule has 1 saturated heterocycles. The third-order valence-corrected chi connectivity index (χ3v) is 6.93. The minimum absolute atomic E-state index is 0.0111. The van der Waals surface area contributed by atoms with Gasteiger partial charge in [0.05, 0.1) is 23.8 Å². The van der Waals surface area contributed by atoms with E-state index in [-0.39, 0.29) is 35.6 Å².